The molecule has 1 amide bonds. The van der Waals surface area contributed by atoms with E-state index in [4.69, 9.17) is 4.74 Å². The van der Waals surface area contributed by atoms with Gasteiger partial charge in [-0.1, -0.05) is 50.8 Å². The summed E-state index contributed by atoms with van der Waals surface area (Å²) < 4.78 is 32.6. The Morgan fingerprint density at radius 3 is 2.38 bits per heavy atom. The molecule has 0 aliphatic rings. The highest BCUT2D eigenvalue weighted by Gasteiger charge is 2.16. The Morgan fingerprint density at radius 1 is 1.07 bits per heavy atom. The Bertz CT molecular complexity index is 1010. The summed E-state index contributed by atoms with van der Waals surface area (Å²) in [6.45, 7) is 7.73. The first-order valence-corrected chi connectivity index (χ1v) is 10.6. The summed E-state index contributed by atoms with van der Waals surface area (Å²) in [4.78, 5) is 11.3. The molecule has 0 fully saturated rings. The number of anilines is 1. The number of rotatable bonds is 6. The Morgan fingerprint density at radius 2 is 1.76 bits per heavy atom. The Kier molecular flexibility index (Phi) is 7.43. The molecule has 154 valence electrons. The molecule has 7 heteroatoms. The van der Waals surface area contributed by atoms with E-state index >= 15 is 0 Å². The van der Waals surface area contributed by atoms with Crippen molar-refractivity contribution >= 4 is 21.6 Å². The van der Waals surface area contributed by atoms with Crippen molar-refractivity contribution < 1.29 is 17.9 Å². The van der Waals surface area contributed by atoms with E-state index in [1.165, 1.54) is 6.92 Å². The van der Waals surface area contributed by atoms with Crippen molar-refractivity contribution in [1.82, 2.24) is 4.72 Å². The van der Waals surface area contributed by atoms with E-state index in [1.807, 2.05) is 12.1 Å². The van der Waals surface area contributed by atoms with Crippen molar-refractivity contribution in [2.45, 2.75) is 38.0 Å². The molecule has 0 radical (unpaired) electrons. The number of ether oxygens (including phenoxy) is 1. The SMILES string of the molecule is CC(=O)Nc1cccc(OCC#CCNS(=O)(=O)c2ccc(C(C)(C)C)cc2)c1. The molecule has 2 N–H and O–H groups in total. The van der Waals surface area contributed by atoms with Gasteiger partial charge in [0.05, 0.1) is 11.4 Å². The zero-order chi connectivity index (χ0) is 21.5. The van der Waals surface area contributed by atoms with Crippen LogP contribution in [0, 0.1) is 11.8 Å². The van der Waals surface area contributed by atoms with Crippen molar-refractivity contribution in [2.75, 3.05) is 18.5 Å². The van der Waals surface area contributed by atoms with Gasteiger partial charge < -0.3 is 10.1 Å². The van der Waals surface area contributed by atoms with Gasteiger partial charge >= 0.3 is 0 Å². The van der Waals surface area contributed by atoms with Gasteiger partial charge in [0.15, 0.2) is 0 Å². The van der Waals surface area contributed by atoms with Crippen molar-refractivity contribution in [1.29, 1.82) is 0 Å². The molecule has 0 aliphatic heterocycles. The highest BCUT2D eigenvalue weighted by Crippen LogP contribution is 2.23. The van der Waals surface area contributed by atoms with Gasteiger partial charge in [-0.25, -0.2) is 8.42 Å². The molecule has 0 spiro atoms. The van der Waals surface area contributed by atoms with Crippen LogP contribution in [-0.4, -0.2) is 27.5 Å². The molecular weight excluding hydrogens is 388 g/mol. The molecular formula is C22H26N2O4S. The van der Waals surface area contributed by atoms with E-state index in [0.29, 0.717) is 11.4 Å². The molecule has 0 saturated heterocycles. The summed E-state index contributed by atoms with van der Waals surface area (Å²) >= 11 is 0. The fraction of sp³-hybridized carbons (Fsp3) is 0.318. The Hall–Kier alpha value is -2.82. The van der Waals surface area contributed by atoms with Crippen LogP contribution in [0.15, 0.2) is 53.4 Å². The normalized spacial score (nSPS) is 11.3. The number of sulfonamides is 1. The Balaban J connectivity index is 1.86. The number of carbonyl (C=O) groups is 1. The molecule has 0 heterocycles. The molecule has 29 heavy (non-hydrogen) atoms. The first-order chi connectivity index (χ1) is 13.6. The fourth-order valence-corrected chi connectivity index (χ4v) is 3.37. The lowest BCUT2D eigenvalue weighted by atomic mass is 9.87. The molecule has 0 bridgehead atoms. The first-order valence-electron chi connectivity index (χ1n) is 9.14. The van der Waals surface area contributed by atoms with Crippen molar-refractivity contribution in [3.8, 4) is 17.6 Å². The third-order valence-corrected chi connectivity index (χ3v) is 5.39. The van der Waals surface area contributed by atoms with E-state index in [2.05, 4.69) is 42.7 Å². The van der Waals surface area contributed by atoms with Crippen LogP contribution in [0.1, 0.15) is 33.3 Å². The number of benzene rings is 2. The summed E-state index contributed by atoms with van der Waals surface area (Å²) in [7, 11) is -3.61. The van der Waals surface area contributed by atoms with E-state index < -0.39 is 10.0 Å². The molecule has 0 atom stereocenters. The van der Waals surface area contributed by atoms with Crippen LogP contribution in [0.5, 0.6) is 5.75 Å². The molecule has 0 unspecified atom stereocenters. The molecule has 2 aromatic carbocycles. The second kappa shape index (κ2) is 9.59. The molecule has 2 aromatic rings. The second-order valence-electron chi connectivity index (χ2n) is 7.45. The highest BCUT2D eigenvalue weighted by atomic mass is 32.2. The maximum absolute atomic E-state index is 12.3. The minimum atomic E-state index is -3.61. The average molecular weight is 415 g/mol. The largest absolute Gasteiger partial charge is 0.481 e. The van der Waals surface area contributed by atoms with E-state index in [-0.39, 0.29) is 29.4 Å². The monoisotopic (exact) mass is 414 g/mol. The number of nitrogens with one attached hydrogen (secondary N) is 2. The number of amides is 1. The van der Waals surface area contributed by atoms with Gasteiger partial charge in [0.25, 0.3) is 0 Å². The van der Waals surface area contributed by atoms with E-state index in [1.54, 1.807) is 36.4 Å². The van der Waals surface area contributed by atoms with Crippen molar-refractivity contribution in [2.24, 2.45) is 0 Å². The highest BCUT2D eigenvalue weighted by molar-refractivity contribution is 7.89. The van der Waals surface area contributed by atoms with Crippen LogP contribution in [0.2, 0.25) is 0 Å². The fourth-order valence-electron chi connectivity index (χ4n) is 2.45. The zero-order valence-electron chi connectivity index (χ0n) is 17.1. The molecule has 0 aliphatic carbocycles. The summed E-state index contributed by atoms with van der Waals surface area (Å²) in [5, 5.41) is 2.67. The molecule has 0 saturated carbocycles. The smallest absolute Gasteiger partial charge is 0.241 e. The van der Waals surface area contributed by atoms with Gasteiger partial charge in [0, 0.05) is 18.7 Å². The summed E-state index contributed by atoms with van der Waals surface area (Å²) in [6.07, 6.45) is 0. The van der Waals surface area contributed by atoms with Crippen molar-refractivity contribution in [3.63, 3.8) is 0 Å². The van der Waals surface area contributed by atoms with Gasteiger partial charge in [-0.05, 0) is 35.2 Å². The quantitative estimate of drug-likeness (QED) is 0.711. The third-order valence-electron chi connectivity index (χ3n) is 3.97. The van der Waals surface area contributed by atoms with Gasteiger partial charge in [-0.3, -0.25) is 4.79 Å². The summed E-state index contributed by atoms with van der Waals surface area (Å²) in [5.41, 5.74) is 1.66. The zero-order valence-corrected chi connectivity index (χ0v) is 17.9. The van der Waals surface area contributed by atoms with Gasteiger partial charge in [0.1, 0.15) is 12.4 Å². The summed E-state index contributed by atoms with van der Waals surface area (Å²) in [6, 6.07) is 13.8. The van der Waals surface area contributed by atoms with Gasteiger partial charge in [0.2, 0.25) is 15.9 Å². The van der Waals surface area contributed by atoms with E-state index in [9.17, 15) is 13.2 Å². The minimum absolute atomic E-state index is 0.0152. The van der Waals surface area contributed by atoms with Gasteiger partial charge in [-0.15, -0.1) is 0 Å². The number of carbonyl (C=O) groups excluding carboxylic acids is 1. The Labute approximate surface area is 172 Å². The van der Waals surface area contributed by atoms with E-state index in [0.717, 1.165) is 5.56 Å². The van der Waals surface area contributed by atoms with Crippen LogP contribution < -0.4 is 14.8 Å². The van der Waals surface area contributed by atoms with Gasteiger partial charge in [-0.2, -0.15) is 4.72 Å². The lowest BCUT2D eigenvalue weighted by molar-refractivity contribution is -0.114. The van der Waals surface area contributed by atoms with Crippen LogP contribution in [0.3, 0.4) is 0 Å². The van der Waals surface area contributed by atoms with Crippen molar-refractivity contribution in [3.05, 3.63) is 54.1 Å². The second-order valence-corrected chi connectivity index (χ2v) is 9.22. The molecule has 0 aromatic heterocycles. The van der Waals surface area contributed by atoms with Crippen LogP contribution in [0.4, 0.5) is 5.69 Å². The maximum atomic E-state index is 12.3. The van der Waals surface area contributed by atoms with Crippen LogP contribution in [0.25, 0.3) is 0 Å². The third kappa shape index (κ3) is 7.26. The predicted molar refractivity (Wildman–Crippen MR) is 114 cm³/mol. The number of hydrogen-bond acceptors (Lipinski definition) is 4. The topological polar surface area (TPSA) is 84.5 Å². The number of hydrogen-bond donors (Lipinski definition) is 2. The minimum Gasteiger partial charge on any atom is -0.481 e. The molecule has 6 nitrogen and oxygen atoms in total. The first kappa shape index (κ1) is 22.5. The lowest BCUT2D eigenvalue weighted by Crippen LogP contribution is -2.24. The average Bonchev–Trinajstić information content (AvgIpc) is 2.64. The maximum Gasteiger partial charge on any atom is 0.241 e. The predicted octanol–water partition coefficient (Wildman–Crippen LogP) is 3.30. The summed E-state index contributed by atoms with van der Waals surface area (Å²) in [5.74, 6) is 5.89. The van der Waals surface area contributed by atoms with Crippen LogP contribution in [-0.2, 0) is 20.2 Å². The lowest BCUT2D eigenvalue weighted by Gasteiger charge is -2.19. The molecule has 2 rings (SSSR count). The standard InChI is InChI=1S/C22H26N2O4S/c1-17(25)24-19-8-7-9-20(16-19)28-15-6-5-14-23-29(26,27)21-12-10-18(11-13-21)22(2,3)4/h7-13,16,23H,14-15H2,1-4H3,(H,24,25). The van der Waals surface area contributed by atoms with Crippen LogP contribution >= 0.6 is 0 Å².